The quantitative estimate of drug-likeness (QED) is 0.735. The molecule has 0 unspecified atom stereocenters. The first-order valence-electron chi connectivity index (χ1n) is 7.14. The average Bonchev–Trinajstić information content (AvgIpc) is 3.22. The first-order chi connectivity index (χ1) is 11.2. The molecule has 0 aliphatic heterocycles. The van der Waals surface area contributed by atoms with Crippen LogP contribution in [0.25, 0.3) is 17.3 Å². The Bertz CT molecular complexity index is 819. The molecule has 0 fully saturated rings. The number of pyridine rings is 1. The van der Waals surface area contributed by atoms with Gasteiger partial charge in [-0.3, -0.25) is 14.5 Å². The van der Waals surface area contributed by atoms with E-state index in [0.717, 1.165) is 16.8 Å². The third-order valence-corrected chi connectivity index (χ3v) is 3.32. The smallest absolute Gasteiger partial charge is 0.244 e. The van der Waals surface area contributed by atoms with Crippen molar-refractivity contribution in [2.24, 2.45) is 7.05 Å². The Morgan fingerprint density at radius 2 is 2.30 bits per heavy atom. The second kappa shape index (κ2) is 6.74. The second-order valence-electron chi connectivity index (χ2n) is 4.99. The Morgan fingerprint density at radius 1 is 1.39 bits per heavy atom. The monoisotopic (exact) mass is 308 g/mol. The highest BCUT2D eigenvalue weighted by atomic mass is 16.3. The summed E-state index contributed by atoms with van der Waals surface area (Å²) >= 11 is 0. The normalized spacial score (nSPS) is 11.0. The van der Waals surface area contributed by atoms with Crippen LogP contribution in [-0.2, 0) is 18.4 Å². The number of hydrogen-bond acceptors (Lipinski definition) is 4. The average molecular weight is 308 g/mol. The van der Waals surface area contributed by atoms with Crippen molar-refractivity contribution in [2.45, 2.75) is 6.54 Å². The number of nitrogens with one attached hydrogen (secondary N) is 1. The SMILES string of the molecule is Cn1nccc1-c1cncc(CNC(=O)/C=C/c2ccco2)c1. The number of hydrogen-bond donors (Lipinski definition) is 1. The van der Waals surface area contributed by atoms with Gasteiger partial charge in [-0.2, -0.15) is 5.10 Å². The molecule has 3 aromatic heterocycles. The molecule has 0 saturated carbocycles. The van der Waals surface area contributed by atoms with E-state index >= 15 is 0 Å². The molecule has 0 saturated heterocycles. The van der Waals surface area contributed by atoms with Crippen molar-refractivity contribution in [1.29, 1.82) is 0 Å². The van der Waals surface area contributed by atoms with Crippen molar-refractivity contribution in [3.63, 3.8) is 0 Å². The summed E-state index contributed by atoms with van der Waals surface area (Å²) in [7, 11) is 1.88. The van der Waals surface area contributed by atoms with Crippen LogP contribution in [0.1, 0.15) is 11.3 Å². The molecule has 6 nitrogen and oxygen atoms in total. The maximum absolute atomic E-state index is 11.8. The number of carbonyl (C=O) groups excluding carboxylic acids is 1. The molecular formula is C17H16N4O2. The number of nitrogens with zero attached hydrogens (tertiary/aromatic N) is 3. The minimum absolute atomic E-state index is 0.188. The summed E-state index contributed by atoms with van der Waals surface area (Å²) in [5.41, 5.74) is 2.86. The van der Waals surface area contributed by atoms with E-state index < -0.39 is 0 Å². The molecule has 23 heavy (non-hydrogen) atoms. The highest BCUT2D eigenvalue weighted by Gasteiger charge is 2.05. The lowest BCUT2D eigenvalue weighted by Gasteiger charge is -2.06. The zero-order valence-electron chi connectivity index (χ0n) is 12.6. The van der Waals surface area contributed by atoms with Crippen molar-refractivity contribution in [1.82, 2.24) is 20.1 Å². The van der Waals surface area contributed by atoms with Gasteiger partial charge in [-0.25, -0.2) is 0 Å². The Balaban J connectivity index is 1.62. The summed E-state index contributed by atoms with van der Waals surface area (Å²) < 4.78 is 6.91. The molecule has 3 aromatic rings. The molecule has 3 heterocycles. The van der Waals surface area contributed by atoms with Crippen LogP contribution in [0.15, 0.2) is 59.6 Å². The number of amides is 1. The van der Waals surface area contributed by atoms with Gasteiger partial charge in [0.15, 0.2) is 0 Å². The molecule has 0 spiro atoms. The van der Waals surface area contributed by atoms with E-state index in [9.17, 15) is 4.79 Å². The largest absolute Gasteiger partial charge is 0.465 e. The van der Waals surface area contributed by atoms with Crippen LogP contribution in [0.4, 0.5) is 0 Å². The summed E-state index contributed by atoms with van der Waals surface area (Å²) in [6.07, 6.45) is 9.88. The molecule has 1 N–H and O–H groups in total. The van der Waals surface area contributed by atoms with Crippen LogP contribution in [0.3, 0.4) is 0 Å². The molecule has 0 aromatic carbocycles. The lowest BCUT2D eigenvalue weighted by Crippen LogP contribution is -2.20. The Morgan fingerprint density at radius 3 is 3.04 bits per heavy atom. The van der Waals surface area contributed by atoms with Crippen LogP contribution in [0.2, 0.25) is 0 Å². The van der Waals surface area contributed by atoms with Crippen molar-refractivity contribution in [2.75, 3.05) is 0 Å². The van der Waals surface area contributed by atoms with Gasteiger partial charge in [-0.05, 0) is 35.9 Å². The Hall–Kier alpha value is -3.15. The first-order valence-corrected chi connectivity index (χ1v) is 7.14. The molecule has 116 valence electrons. The van der Waals surface area contributed by atoms with Crippen molar-refractivity contribution < 1.29 is 9.21 Å². The molecule has 1 amide bonds. The maximum atomic E-state index is 11.8. The van der Waals surface area contributed by atoms with E-state index in [1.807, 2.05) is 19.2 Å². The number of furan rings is 1. The van der Waals surface area contributed by atoms with Crippen LogP contribution in [0, 0.1) is 0 Å². The van der Waals surface area contributed by atoms with E-state index in [4.69, 9.17) is 4.42 Å². The van der Waals surface area contributed by atoms with Gasteiger partial charge < -0.3 is 9.73 Å². The van der Waals surface area contributed by atoms with Crippen molar-refractivity contribution in [3.05, 3.63) is 66.5 Å². The highest BCUT2D eigenvalue weighted by molar-refractivity contribution is 5.91. The van der Waals surface area contributed by atoms with Crippen LogP contribution in [-0.4, -0.2) is 20.7 Å². The third kappa shape index (κ3) is 3.74. The van der Waals surface area contributed by atoms with E-state index in [2.05, 4.69) is 15.4 Å². The highest BCUT2D eigenvalue weighted by Crippen LogP contribution is 2.17. The zero-order chi connectivity index (χ0) is 16.1. The Labute approximate surface area is 133 Å². The van der Waals surface area contributed by atoms with E-state index in [1.165, 1.54) is 6.08 Å². The van der Waals surface area contributed by atoms with Gasteiger partial charge in [0.1, 0.15) is 5.76 Å². The van der Waals surface area contributed by atoms with Crippen LogP contribution < -0.4 is 5.32 Å². The molecule has 0 bridgehead atoms. The van der Waals surface area contributed by atoms with Gasteiger partial charge in [0, 0.05) is 43.8 Å². The number of aromatic nitrogens is 3. The zero-order valence-corrected chi connectivity index (χ0v) is 12.6. The second-order valence-corrected chi connectivity index (χ2v) is 4.99. The van der Waals surface area contributed by atoms with E-state index in [1.54, 1.807) is 47.7 Å². The van der Waals surface area contributed by atoms with Gasteiger partial charge in [0.25, 0.3) is 0 Å². The number of carbonyl (C=O) groups is 1. The number of aryl methyl sites for hydroxylation is 1. The first kappa shape index (κ1) is 14.8. The fraction of sp³-hybridized carbons (Fsp3) is 0.118. The minimum Gasteiger partial charge on any atom is -0.465 e. The molecule has 6 heteroatoms. The molecule has 0 aliphatic rings. The molecular weight excluding hydrogens is 292 g/mol. The molecule has 3 rings (SSSR count). The Kier molecular flexibility index (Phi) is 4.33. The lowest BCUT2D eigenvalue weighted by molar-refractivity contribution is -0.116. The lowest BCUT2D eigenvalue weighted by atomic mass is 10.1. The standard InChI is InChI=1S/C17H16N4O2/c1-21-16(6-7-20-21)14-9-13(10-18-12-14)11-19-17(22)5-4-15-3-2-8-23-15/h2-10,12H,11H2,1H3,(H,19,22)/b5-4+. The summed E-state index contributed by atoms with van der Waals surface area (Å²) in [5, 5.41) is 6.97. The minimum atomic E-state index is -0.188. The van der Waals surface area contributed by atoms with E-state index in [0.29, 0.717) is 12.3 Å². The van der Waals surface area contributed by atoms with Crippen molar-refractivity contribution >= 4 is 12.0 Å². The van der Waals surface area contributed by atoms with Crippen molar-refractivity contribution in [3.8, 4) is 11.3 Å². The molecule has 0 radical (unpaired) electrons. The third-order valence-electron chi connectivity index (χ3n) is 3.32. The topological polar surface area (TPSA) is 73.0 Å². The fourth-order valence-corrected chi connectivity index (χ4v) is 2.17. The summed E-state index contributed by atoms with van der Waals surface area (Å²) in [6, 6.07) is 7.46. The van der Waals surface area contributed by atoms with E-state index in [-0.39, 0.29) is 5.91 Å². The van der Waals surface area contributed by atoms with Gasteiger partial charge in [0.05, 0.1) is 12.0 Å². The summed E-state index contributed by atoms with van der Waals surface area (Å²) in [6.45, 7) is 0.403. The maximum Gasteiger partial charge on any atom is 0.244 e. The van der Waals surface area contributed by atoms with Gasteiger partial charge >= 0.3 is 0 Å². The summed E-state index contributed by atoms with van der Waals surface area (Å²) in [5.74, 6) is 0.451. The molecule has 0 atom stereocenters. The summed E-state index contributed by atoms with van der Waals surface area (Å²) in [4.78, 5) is 16.0. The fourth-order valence-electron chi connectivity index (χ4n) is 2.17. The van der Waals surface area contributed by atoms with Gasteiger partial charge in [0.2, 0.25) is 5.91 Å². The van der Waals surface area contributed by atoms with Crippen LogP contribution in [0.5, 0.6) is 0 Å². The van der Waals surface area contributed by atoms with Gasteiger partial charge in [-0.15, -0.1) is 0 Å². The van der Waals surface area contributed by atoms with Crippen LogP contribution >= 0.6 is 0 Å². The predicted octanol–water partition coefficient (Wildman–Crippen LogP) is 2.40. The van der Waals surface area contributed by atoms with Gasteiger partial charge in [-0.1, -0.05) is 0 Å². The predicted molar refractivity (Wildman–Crippen MR) is 86.0 cm³/mol. The molecule has 0 aliphatic carbocycles. The number of rotatable bonds is 5.